The van der Waals surface area contributed by atoms with Crippen LogP contribution < -0.4 is 20.1 Å². The lowest BCUT2D eigenvalue weighted by molar-refractivity contribution is -0.118. The topological polar surface area (TPSA) is 76.7 Å². The highest BCUT2D eigenvalue weighted by molar-refractivity contribution is 6.31. The second-order valence-electron chi connectivity index (χ2n) is 4.89. The second-order valence-corrected chi connectivity index (χ2v) is 5.32. The molecule has 0 fully saturated rings. The Labute approximate surface area is 144 Å². The molecule has 2 aromatic rings. The molecule has 0 unspecified atom stereocenters. The molecule has 0 aliphatic heterocycles. The van der Waals surface area contributed by atoms with E-state index >= 15 is 0 Å². The van der Waals surface area contributed by atoms with E-state index in [0.717, 1.165) is 0 Å². The first kappa shape index (κ1) is 17.6. The molecule has 0 saturated carbocycles. The third-order valence-electron chi connectivity index (χ3n) is 2.98. The highest BCUT2D eigenvalue weighted by atomic mass is 35.5. The van der Waals surface area contributed by atoms with Crippen molar-refractivity contribution in [3.8, 4) is 11.5 Å². The molecule has 24 heavy (non-hydrogen) atoms. The number of hydrogen-bond acceptors (Lipinski definition) is 4. The standard InChI is InChI=1S/C17H17ClN2O4/c1-11(21)19-13-4-6-14(7-5-13)24-10-17(22)20-15-9-12(18)3-8-16(15)23-2/h3-9H,10H2,1-2H3,(H,19,21)(H,20,22). The second kappa shape index (κ2) is 8.21. The number of halogens is 1. The summed E-state index contributed by atoms with van der Waals surface area (Å²) >= 11 is 5.91. The molecule has 0 aliphatic rings. The summed E-state index contributed by atoms with van der Waals surface area (Å²) in [4.78, 5) is 22.9. The van der Waals surface area contributed by atoms with E-state index in [1.54, 1.807) is 42.5 Å². The van der Waals surface area contributed by atoms with E-state index in [1.165, 1.54) is 14.0 Å². The van der Waals surface area contributed by atoms with Crippen LogP contribution in [0.1, 0.15) is 6.92 Å². The fraction of sp³-hybridized carbons (Fsp3) is 0.176. The van der Waals surface area contributed by atoms with Crippen molar-refractivity contribution in [1.82, 2.24) is 0 Å². The van der Waals surface area contributed by atoms with Gasteiger partial charge in [-0.05, 0) is 42.5 Å². The number of carbonyl (C=O) groups is 2. The van der Waals surface area contributed by atoms with Crippen molar-refractivity contribution in [2.24, 2.45) is 0 Å². The molecule has 126 valence electrons. The summed E-state index contributed by atoms with van der Waals surface area (Å²) in [6.45, 7) is 1.26. The quantitative estimate of drug-likeness (QED) is 0.839. The third-order valence-corrected chi connectivity index (χ3v) is 3.22. The molecule has 0 saturated heterocycles. The molecule has 0 bridgehead atoms. The van der Waals surface area contributed by atoms with Crippen LogP contribution in [0.3, 0.4) is 0 Å². The van der Waals surface area contributed by atoms with Crippen LogP contribution >= 0.6 is 11.6 Å². The van der Waals surface area contributed by atoms with E-state index in [4.69, 9.17) is 21.1 Å². The van der Waals surface area contributed by atoms with Gasteiger partial charge in [-0.2, -0.15) is 0 Å². The Bertz CT molecular complexity index is 732. The summed E-state index contributed by atoms with van der Waals surface area (Å²) in [6.07, 6.45) is 0. The van der Waals surface area contributed by atoms with E-state index in [1.807, 2.05) is 0 Å². The first-order valence-corrected chi connectivity index (χ1v) is 7.49. The zero-order valence-electron chi connectivity index (χ0n) is 13.3. The summed E-state index contributed by atoms with van der Waals surface area (Å²) in [7, 11) is 1.51. The minimum absolute atomic E-state index is 0.154. The number of rotatable bonds is 6. The molecule has 0 atom stereocenters. The molecule has 2 N–H and O–H groups in total. The maximum Gasteiger partial charge on any atom is 0.262 e. The van der Waals surface area contributed by atoms with Gasteiger partial charge in [-0.3, -0.25) is 9.59 Å². The van der Waals surface area contributed by atoms with Crippen molar-refractivity contribution in [2.75, 3.05) is 24.4 Å². The molecular formula is C17H17ClN2O4. The number of anilines is 2. The zero-order chi connectivity index (χ0) is 17.5. The third kappa shape index (κ3) is 5.17. The first-order chi connectivity index (χ1) is 11.5. The minimum atomic E-state index is -0.346. The Morgan fingerprint density at radius 2 is 1.79 bits per heavy atom. The maximum absolute atomic E-state index is 12.0. The van der Waals surface area contributed by atoms with Gasteiger partial charge in [-0.15, -0.1) is 0 Å². The molecule has 0 radical (unpaired) electrons. The summed E-state index contributed by atoms with van der Waals surface area (Å²) in [5, 5.41) is 5.81. The molecule has 2 amide bonds. The Morgan fingerprint density at radius 1 is 1.08 bits per heavy atom. The highest BCUT2D eigenvalue weighted by Crippen LogP contribution is 2.27. The highest BCUT2D eigenvalue weighted by Gasteiger charge is 2.09. The lowest BCUT2D eigenvalue weighted by atomic mass is 10.3. The van der Waals surface area contributed by atoms with Crippen LogP contribution in [-0.2, 0) is 9.59 Å². The van der Waals surface area contributed by atoms with Crippen molar-refractivity contribution in [2.45, 2.75) is 6.92 Å². The first-order valence-electron chi connectivity index (χ1n) is 7.12. The van der Waals surface area contributed by atoms with E-state index in [-0.39, 0.29) is 18.4 Å². The molecule has 2 aromatic carbocycles. The van der Waals surface area contributed by atoms with Crippen molar-refractivity contribution in [1.29, 1.82) is 0 Å². The number of methoxy groups -OCH3 is 1. The number of carbonyl (C=O) groups excluding carboxylic acids is 2. The molecule has 0 aliphatic carbocycles. The van der Waals surface area contributed by atoms with Gasteiger partial charge in [0.15, 0.2) is 6.61 Å². The van der Waals surface area contributed by atoms with Crippen molar-refractivity contribution in [3.63, 3.8) is 0 Å². The smallest absolute Gasteiger partial charge is 0.262 e. The lowest BCUT2D eigenvalue weighted by Gasteiger charge is -2.11. The molecular weight excluding hydrogens is 332 g/mol. The van der Waals surface area contributed by atoms with Crippen LogP contribution in [0.5, 0.6) is 11.5 Å². The van der Waals surface area contributed by atoms with Gasteiger partial charge < -0.3 is 20.1 Å². The Morgan fingerprint density at radius 3 is 2.42 bits per heavy atom. The van der Waals surface area contributed by atoms with Gasteiger partial charge in [0.2, 0.25) is 5.91 Å². The van der Waals surface area contributed by atoms with Crippen LogP contribution in [0, 0.1) is 0 Å². The number of hydrogen-bond donors (Lipinski definition) is 2. The number of amides is 2. The molecule has 0 spiro atoms. The van der Waals surface area contributed by atoms with Crippen molar-refractivity contribution < 1.29 is 19.1 Å². The van der Waals surface area contributed by atoms with E-state index in [9.17, 15) is 9.59 Å². The van der Waals surface area contributed by atoms with E-state index < -0.39 is 0 Å². The Kier molecular flexibility index (Phi) is 6.03. The van der Waals surface area contributed by atoms with Crippen LogP contribution in [0.2, 0.25) is 5.02 Å². The SMILES string of the molecule is COc1ccc(Cl)cc1NC(=O)COc1ccc(NC(C)=O)cc1. The molecule has 2 rings (SSSR count). The van der Waals surface area contributed by atoms with Crippen LogP contribution in [0.15, 0.2) is 42.5 Å². The van der Waals surface area contributed by atoms with Crippen molar-refractivity contribution >= 4 is 34.8 Å². The average Bonchev–Trinajstić information content (AvgIpc) is 2.54. The van der Waals surface area contributed by atoms with Gasteiger partial charge in [-0.1, -0.05) is 11.6 Å². The minimum Gasteiger partial charge on any atom is -0.495 e. The maximum atomic E-state index is 12.0. The predicted molar refractivity (Wildman–Crippen MR) is 92.9 cm³/mol. The van der Waals surface area contributed by atoms with E-state index in [2.05, 4.69) is 10.6 Å². The fourth-order valence-corrected chi connectivity index (χ4v) is 2.12. The fourth-order valence-electron chi connectivity index (χ4n) is 1.95. The predicted octanol–water partition coefficient (Wildman–Crippen LogP) is 3.32. The lowest BCUT2D eigenvalue weighted by Crippen LogP contribution is -2.20. The number of nitrogens with one attached hydrogen (secondary N) is 2. The van der Waals surface area contributed by atoms with Crippen LogP contribution in [0.4, 0.5) is 11.4 Å². The van der Waals surface area contributed by atoms with Gasteiger partial charge in [0, 0.05) is 17.6 Å². The van der Waals surface area contributed by atoms with Crippen molar-refractivity contribution in [3.05, 3.63) is 47.5 Å². The molecule has 6 nitrogen and oxygen atoms in total. The normalized spacial score (nSPS) is 9.96. The summed E-state index contributed by atoms with van der Waals surface area (Å²) in [6, 6.07) is 11.6. The Hall–Kier alpha value is -2.73. The van der Waals surface area contributed by atoms with Gasteiger partial charge in [-0.25, -0.2) is 0 Å². The van der Waals surface area contributed by atoms with Gasteiger partial charge in [0.25, 0.3) is 5.91 Å². The van der Waals surface area contributed by atoms with Gasteiger partial charge in [0.05, 0.1) is 12.8 Å². The largest absolute Gasteiger partial charge is 0.495 e. The number of ether oxygens (including phenoxy) is 2. The summed E-state index contributed by atoms with van der Waals surface area (Å²) < 4.78 is 10.6. The molecule has 0 aromatic heterocycles. The Balaban J connectivity index is 1.91. The summed E-state index contributed by atoms with van der Waals surface area (Å²) in [5.41, 5.74) is 1.13. The van der Waals surface area contributed by atoms with Crippen LogP contribution in [0.25, 0.3) is 0 Å². The summed E-state index contributed by atoms with van der Waals surface area (Å²) in [5.74, 6) is 0.518. The van der Waals surface area contributed by atoms with Gasteiger partial charge in [0.1, 0.15) is 11.5 Å². The molecule has 0 heterocycles. The monoisotopic (exact) mass is 348 g/mol. The zero-order valence-corrected chi connectivity index (χ0v) is 14.0. The van der Waals surface area contributed by atoms with Gasteiger partial charge >= 0.3 is 0 Å². The number of benzene rings is 2. The molecule has 7 heteroatoms. The van der Waals surface area contributed by atoms with Crippen LogP contribution in [-0.4, -0.2) is 25.5 Å². The van der Waals surface area contributed by atoms with E-state index in [0.29, 0.717) is 27.9 Å². The average molecular weight is 349 g/mol.